The number of carbonyl (C=O) groups is 1. The minimum Gasteiger partial charge on any atom is -0.465 e. The number of aliphatic hydroxyl groups is 1. The first-order chi connectivity index (χ1) is 43.5. The molecule has 0 heterocycles. The Labute approximate surface area is 581 Å². The molecule has 1 aliphatic carbocycles. The van der Waals surface area contributed by atoms with Crippen LogP contribution in [-0.4, -0.2) is 18.2 Å². The molecule has 436 valence electrons. The molecule has 11 aromatic rings. The zero-order valence-corrected chi connectivity index (χ0v) is 58.3. The Morgan fingerprint density at radius 3 is 1.17 bits per heavy atom. The number of nitriles is 3. The van der Waals surface area contributed by atoms with Gasteiger partial charge in [0.1, 0.15) is 5.60 Å². The van der Waals surface area contributed by atoms with Crippen molar-refractivity contribution in [3.63, 3.8) is 0 Å². The number of fused-ring (bicyclic) bond motifs is 3. The molecule has 0 saturated carbocycles. The average molecular weight is 1620 g/mol. The summed E-state index contributed by atoms with van der Waals surface area (Å²) in [6.45, 7) is 14.6. The maximum atomic E-state index is 12.4. The molecule has 0 aliphatic heterocycles. The predicted octanol–water partition coefficient (Wildman–Crippen LogP) is 22.6. The van der Waals surface area contributed by atoms with Gasteiger partial charge in [-0.1, -0.05) is 233 Å². The highest BCUT2D eigenvalue weighted by atomic mass is 79.9. The monoisotopic (exact) mass is 1610 g/mol. The second-order valence-corrected chi connectivity index (χ2v) is 26.4. The molecule has 0 radical (unpaired) electrons. The predicted molar refractivity (Wildman–Crippen MR) is 381 cm³/mol. The molecule has 1 N–H and O–H groups in total. The lowest BCUT2D eigenvalue weighted by molar-refractivity contribution is 0.0601. The number of rotatable bonds is 8. The van der Waals surface area contributed by atoms with E-state index in [0.29, 0.717) is 50.3 Å². The zero-order chi connectivity index (χ0) is 64.1. The van der Waals surface area contributed by atoms with Gasteiger partial charge in [-0.3, -0.25) is 0 Å². The Kier molecular flexibility index (Phi) is 22.0. The van der Waals surface area contributed by atoms with E-state index in [1.54, 1.807) is 66.7 Å². The van der Waals surface area contributed by atoms with E-state index in [4.69, 9.17) is 23.1 Å². The van der Waals surface area contributed by atoms with E-state index in [2.05, 4.69) is 170 Å². The van der Waals surface area contributed by atoms with Crippen LogP contribution in [0.15, 0.2) is 274 Å². The third-order valence-corrected chi connectivity index (χ3v) is 18.4. The Morgan fingerprint density at radius 1 is 0.422 bits per heavy atom. The molecule has 90 heavy (non-hydrogen) atoms. The van der Waals surface area contributed by atoms with Gasteiger partial charge in [0, 0.05) is 36.9 Å². The van der Waals surface area contributed by atoms with Crippen molar-refractivity contribution in [1.82, 2.24) is 0 Å². The summed E-state index contributed by atoms with van der Waals surface area (Å²) in [5.41, 5.74) is 13.9. The van der Waals surface area contributed by atoms with Crippen molar-refractivity contribution in [2.45, 2.75) is 11.0 Å². The van der Waals surface area contributed by atoms with E-state index in [1.807, 2.05) is 146 Å². The van der Waals surface area contributed by atoms with Gasteiger partial charge in [0.25, 0.3) is 0 Å². The van der Waals surface area contributed by atoms with Crippen LogP contribution in [0.25, 0.3) is 43.1 Å². The zero-order valence-electron chi connectivity index (χ0n) is 47.2. The number of esters is 1. The summed E-state index contributed by atoms with van der Waals surface area (Å²) in [5, 5.41) is 39.3. The number of hydrogen-bond donors (Lipinski definition) is 1. The van der Waals surface area contributed by atoms with E-state index >= 15 is 0 Å². The van der Waals surface area contributed by atoms with Crippen molar-refractivity contribution in [1.29, 1.82) is 15.8 Å². The second-order valence-electron chi connectivity index (χ2n) is 20.0. The van der Waals surface area contributed by atoms with Crippen LogP contribution in [0.1, 0.15) is 66.0 Å². The van der Waals surface area contributed by atoms with Crippen molar-refractivity contribution in [3.8, 4) is 51.6 Å². The molecule has 0 bridgehead atoms. The summed E-state index contributed by atoms with van der Waals surface area (Å²) in [4.78, 5) is 18.8. The largest absolute Gasteiger partial charge is 0.465 e. The molecule has 1 aliphatic rings. The van der Waals surface area contributed by atoms with Gasteiger partial charge < -0.3 is 9.84 Å². The molecule has 11 aromatic carbocycles. The molecule has 0 aromatic heterocycles. The van der Waals surface area contributed by atoms with Crippen LogP contribution in [0, 0.1) is 47.1 Å². The highest BCUT2D eigenvalue weighted by Crippen LogP contribution is 2.57. The Balaban J connectivity index is 0.000000154. The minimum absolute atomic E-state index is 0.339. The summed E-state index contributed by atoms with van der Waals surface area (Å²) in [7, 11) is 1.38. The lowest BCUT2D eigenvalue weighted by Gasteiger charge is -2.34. The fourth-order valence-corrected chi connectivity index (χ4v) is 12.8. The van der Waals surface area contributed by atoms with E-state index in [0.717, 1.165) is 64.7 Å². The van der Waals surface area contributed by atoms with E-state index in [9.17, 15) is 20.4 Å². The van der Waals surface area contributed by atoms with Crippen LogP contribution in [0.2, 0.25) is 0 Å². The third-order valence-electron chi connectivity index (χ3n) is 14.8. The maximum Gasteiger partial charge on any atom is 0.338 e. The fraction of sp³-hybridized carbons (Fsp3) is 0.0400. The van der Waals surface area contributed by atoms with Gasteiger partial charge in [-0.15, -0.1) is 0 Å². The van der Waals surface area contributed by atoms with Crippen molar-refractivity contribution in [2.75, 3.05) is 7.11 Å². The van der Waals surface area contributed by atoms with Crippen molar-refractivity contribution < 1.29 is 14.6 Å². The standard InChI is InChI=1S/C27H16Br2N2O.C27H14Br2N2.C14H10Br2O2.C7H4BrN/c1-31-24-13-8-21(9-14-24)27(32,20-6-2-18(17-30)3-7-20)26-16-23(29)12-15-25(26)19-4-10-22(28)11-5-19;1-31-22-10-6-19(7-11-22)27(18-4-2-17(16-30)3-5-18)25-14-20(28)8-12-23(25)24-13-9-21(29)15-26(24)27;1-18-14(17)13-8-11(16)6-7-12(13)9-2-4-10(15)5-3-9;8-7-3-1-6(5-9)2-4-7/h2-16,32H;2-15H;2-8H,1H3;1-4H. The number of methoxy groups -OCH3 is 1. The first kappa shape index (κ1) is 66.1. The molecule has 15 heteroatoms. The molecule has 0 saturated heterocycles. The number of nitrogens with zero attached hydrogens (tertiary/aromatic N) is 5. The van der Waals surface area contributed by atoms with Gasteiger partial charge in [0.15, 0.2) is 11.4 Å². The minimum atomic E-state index is -1.51. The van der Waals surface area contributed by atoms with Crippen LogP contribution in [0.5, 0.6) is 0 Å². The van der Waals surface area contributed by atoms with Gasteiger partial charge in [0.05, 0.1) is 66.1 Å². The van der Waals surface area contributed by atoms with E-state index in [-0.39, 0.29) is 5.97 Å². The van der Waals surface area contributed by atoms with Crippen LogP contribution >= 0.6 is 112 Å². The van der Waals surface area contributed by atoms with Gasteiger partial charge in [-0.2, -0.15) is 15.8 Å². The topological polar surface area (TPSA) is 127 Å². The molecule has 0 fully saturated rings. The summed E-state index contributed by atoms with van der Waals surface area (Å²) >= 11 is 24.4. The summed E-state index contributed by atoms with van der Waals surface area (Å²) in [5.74, 6) is -0.339. The highest BCUT2D eigenvalue weighted by Gasteiger charge is 2.46. The Morgan fingerprint density at radius 2 is 0.744 bits per heavy atom. The molecular formula is C75H44Br7N5O3. The van der Waals surface area contributed by atoms with Crippen LogP contribution in [-0.2, 0) is 15.8 Å². The van der Waals surface area contributed by atoms with Crippen molar-refractivity contribution >= 4 is 129 Å². The van der Waals surface area contributed by atoms with Crippen LogP contribution in [0.4, 0.5) is 11.4 Å². The van der Waals surface area contributed by atoms with Crippen molar-refractivity contribution in [3.05, 3.63) is 358 Å². The van der Waals surface area contributed by atoms with Gasteiger partial charge in [-0.25, -0.2) is 14.5 Å². The third kappa shape index (κ3) is 14.6. The molecule has 0 spiro atoms. The summed E-state index contributed by atoms with van der Waals surface area (Å²) in [6, 6.07) is 83.2. The first-order valence-corrected chi connectivity index (χ1v) is 32.7. The molecule has 8 nitrogen and oxygen atoms in total. The number of carbonyl (C=O) groups excluding carboxylic acids is 1. The number of hydrogen-bond acceptors (Lipinski definition) is 6. The SMILES string of the molecule is COC(=O)c1cc(Br)ccc1-c1ccc(Br)cc1.N#Cc1ccc(Br)cc1.[C-]#[N+]c1ccc(C(O)(c2ccc(C#N)cc2)c2cc(Br)ccc2-c2ccc(Br)cc2)cc1.[C-]#[N+]c1ccc(C2(c3ccc(C#N)cc3)c3cc(Br)ccc3-c3ccc(Br)cc32)cc1. The lowest BCUT2D eigenvalue weighted by atomic mass is 9.67. The number of halogens is 7. The Bertz CT molecular complexity index is 4490. The molecule has 1 unspecified atom stereocenters. The second kappa shape index (κ2) is 30.0. The average Bonchev–Trinajstić information content (AvgIpc) is 1.51. The fourth-order valence-electron chi connectivity index (χ4n) is 10.6. The quantitative estimate of drug-likeness (QED) is 0.0917. The summed E-state index contributed by atoms with van der Waals surface area (Å²) in [6.07, 6.45) is 0. The smallest absolute Gasteiger partial charge is 0.338 e. The van der Waals surface area contributed by atoms with Gasteiger partial charge >= 0.3 is 5.97 Å². The maximum absolute atomic E-state index is 12.4. The van der Waals surface area contributed by atoms with Crippen LogP contribution < -0.4 is 0 Å². The van der Waals surface area contributed by atoms with Gasteiger partial charge in [0.2, 0.25) is 0 Å². The summed E-state index contributed by atoms with van der Waals surface area (Å²) < 4.78 is 11.5. The van der Waals surface area contributed by atoms with E-state index in [1.165, 1.54) is 29.4 Å². The van der Waals surface area contributed by atoms with Gasteiger partial charge in [-0.05, 0) is 188 Å². The number of benzene rings is 11. The molecular weight excluding hydrogens is 1580 g/mol. The highest BCUT2D eigenvalue weighted by molar-refractivity contribution is 9.11. The molecule has 0 amide bonds. The lowest BCUT2D eigenvalue weighted by Crippen LogP contribution is -2.29. The molecule has 1 atom stereocenters. The normalized spacial score (nSPS) is 11.8. The first-order valence-electron chi connectivity index (χ1n) is 27.1. The van der Waals surface area contributed by atoms with Crippen LogP contribution in [0.3, 0.4) is 0 Å². The number of ether oxygens (including phenoxy) is 1. The van der Waals surface area contributed by atoms with E-state index < -0.39 is 11.0 Å². The Hall–Kier alpha value is -8.34. The molecule has 12 rings (SSSR count). The van der Waals surface area contributed by atoms with Crippen molar-refractivity contribution in [2.24, 2.45) is 0 Å².